The molecule has 0 rings (SSSR count). The van der Waals surface area contributed by atoms with Crippen LogP contribution < -0.4 is 0 Å². The maximum Gasteiger partial charge on any atom is 0.303 e. The third-order valence-electron chi connectivity index (χ3n) is 3.61. The van der Waals surface area contributed by atoms with Gasteiger partial charge in [0, 0.05) is 6.42 Å². The maximum absolute atomic E-state index is 10.4. The van der Waals surface area contributed by atoms with Crippen molar-refractivity contribution in [3.63, 3.8) is 0 Å². The predicted octanol–water partition coefficient (Wildman–Crippen LogP) is 4.71. The van der Waals surface area contributed by atoms with Gasteiger partial charge in [0.1, 0.15) is 0 Å². The number of aliphatic carboxylic acids is 1. The minimum Gasteiger partial charge on any atom is -0.481 e. The largest absolute Gasteiger partial charge is 0.481 e. The Bertz CT molecular complexity index is 486. The number of allylic oxidation sites excluding steroid dienone is 8. The second-order valence-electron chi connectivity index (χ2n) is 6.01. The van der Waals surface area contributed by atoms with Crippen LogP contribution in [-0.4, -0.2) is 33.5 Å². The molecule has 0 aliphatic rings. The van der Waals surface area contributed by atoms with Gasteiger partial charge in [-0.05, 0) is 44.9 Å². The lowest BCUT2D eigenvalue weighted by atomic mass is 10.1. The van der Waals surface area contributed by atoms with Crippen LogP contribution in [0.1, 0.15) is 58.3 Å². The third-order valence-corrected chi connectivity index (χ3v) is 3.61. The molecule has 4 heteroatoms. The standard InChI is InChI=1S/C22H34O4/c1-2-3-4-5-6-7-8-9-10-11-12-14-17-20(23)21(24)18-15-13-16-19-22(25)26/h3-4,6-7,9-10,12-15,20-21,23-24H,2,5,8,11,16-19H2,1H3,(H,25,26)/t20-,21+/m1/s1. The quantitative estimate of drug-likeness (QED) is 0.369. The summed E-state index contributed by atoms with van der Waals surface area (Å²) in [5, 5.41) is 28.2. The van der Waals surface area contributed by atoms with E-state index >= 15 is 0 Å². The molecule has 0 saturated heterocycles. The van der Waals surface area contributed by atoms with E-state index in [-0.39, 0.29) is 6.42 Å². The van der Waals surface area contributed by atoms with Crippen LogP contribution in [0, 0.1) is 0 Å². The number of hydrogen-bond donors (Lipinski definition) is 3. The van der Waals surface area contributed by atoms with Crippen molar-refractivity contribution < 1.29 is 20.1 Å². The van der Waals surface area contributed by atoms with Crippen molar-refractivity contribution in [2.24, 2.45) is 0 Å². The zero-order chi connectivity index (χ0) is 19.5. The summed E-state index contributed by atoms with van der Waals surface area (Å²) in [6.45, 7) is 2.12. The Kier molecular flexibility index (Phi) is 16.6. The van der Waals surface area contributed by atoms with Gasteiger partial charge in [0.15, 0.2) is 0 Å². The van der Waals surface area contributed by atoms with Crippen LogP contribution in [0.15, 0.2) is 60.8 Å². The Morgan fingerprint density at radius 1 is 0.731 bits per heavy atom. The van der Waals surface area contributed by atoms with Crippen molar-refractivity contribution in [2.75, 3.05) is 0 Å². The Hall–Kier alpha value is -1.91. The van der Waals surface area contributed by atoms with Crippen LogP contribution in [-0.2, 0) is 4.79 Å². The van der Waals surface area contributed by atoms with Gasteiger partial charge >= 0.3 is 5.97 Å². The molecular weight excluding hydrogens is 328 g/mol. The van der Waals surface area contributed by atoms with Crippen molar-refractivity contribution in [3.8, 4) is 0 Å². The second kappa shape index (κ2) is 17.9. The van der Waals surface area contributed by atoms with Gasteiger partial charge in [0.25, 0.3) is 0 Å². The first-order chi connectivity index (χ1) is 12.6. The van der Waals surface area contributed by atoms with Gasteiger partial charge in [-0.15, -0.1) is 0 Å². The number of aliphatic hydroxyl groups is 2. The first-order valence-electron chi connectivity index (χ1n) is 9.40. The van der Waals surface area contributed by atoms with Crippen molar-refractivity contribution in [3.05, 3.63) is 60.8 Å². The lowest BCUT2D eigenvalue weighted by molar-refractivity contribution is -0.136. The molecule has 0 aromatic rings. The van der Waals surface area contributed by atoms with Gasteiger partial charge in [-0.25, -0.2) is 0 Å². The highest BCUT2D eigenvalue weighted by Crippen LogP contribution is 2.06. The molecule has 0 aromatic carbocycles. The van der Waals surface area contributed by atoms with Crippen molar-refractivity contribution in [1.82, 2.24) is 0 Å². The highest BCUT2D eigenvalue weighted by Gasteiger charge is 2.12. The summed E-state index contributed by atoms with van der Waals surface area (Å²) >= 11 is 0. The van der Waals surface area contributed by atoms with Gasteiger partial charge in [0.05, 0.1) is 12.2 Å². The summed E-state index contributed by atoms with van der Waals surface area (Å²) in [6.07, 6.45) is 23.5. The number of carboxylic acid groups (broad SMARTS) is 1. The number of carboxylic acids is 1. The van der Waals surface area contributed by atoms with E-state index in [4.69, 9.17) is 5.11 Å². The summed E-state index contributed by atoms with van der Waals surface area (Å²) in [4.78, 5) is 10.4. The molecule has 0 aliphatic carbocycles. The van der Waals surface area contributed by atoms with Crippen molar-refractivity contribution in [2.45, 2.75) is 70.5 Å². The smallest absolute Gasteiger partial charge is 0.303 e. The summed E-state index contributed by atoms with van der Waals surface area (Å²) in [5.41, 5.74) is 0. The zero-order valence-electron chi connectivity index (χ0n) is 15.8. The average molecular weight is 363 g/mol. The van der Waals surface area contributed by atoms with E-state index in [1.54, 1.807) is 12.2 Å². The van der Waals surface area contributed by atoms with Crippen LogP contribution in [0.5, 0.6) is 0 Å². The fraction of sp³-hybridized carbons (Fsp3) is 0.500. The second-order valence-corrected chi connectivity index (χ2v) is 6.01. The molecule has 2 atom stereocenters. The van der Waals surface area contributed by atoms with Gasteiger partial charge < -0.3 is 15.3 Å². The molecule has 146 valence electrons. The molecule has 0 radical (unpaired) electrons. The molecule has 0 amide bonds. The van der Waals surface area contributed by atoms with Crippen LogP contribution in [0.3, 0.4) is 0 Å². The van der Waals surface area contributed by atoms with Gasteiger partial charge in [-0.3, -0.25) is 4.79 Å². The number of rotatable bonds is 15. The molecule has 0 unspecified atom stereocenters. The predicted molar refractivity (Wildman–Crippen MR) is 108 cm³/mol. The van der Waals surface area contributed by atoms with Crippen LogP contribution in [0.2, 0.25) is 0 Å². The monoisotopic (exact) mass is 362 g/mol. The lowest BCUT2D eigenvalue weighted by Crippen LogP contribution is -2.24. The molecule has 4 nitrogen and oxygen atoms in total. The molecule has 0 aliphatic heterocycles. The Morgan fingerprint density at radius 2 is 1.15 bits per heavy atom. The van der Waals surface area contributed by atoms with E-state index in [1.165, 1.54) is 0 Å². The number of carbonyl (C=O) groups is 1. The minimum absolute atomic E-state index is 0.0805. The summed E-state index contributed by atoms with van der Waals surface area (Å²) in [6, 6.07) is 0. The van der Waals surface area contributed by atoms with E-state index in [0.717, 1.165) is 25.7 Å². The number of hydrogen-bond acceptors (Lipinski definition) is 3. The molecule has 26 heavy (non-hydrogen) atoms. The molecule has 0 spiro atoms. The fourth-order valence-corrected chi connectivity index (χ4v) is 2.09. The summed E-state index contributed by atoms with van der Waals surface area (Å²) < 4.78 is 0. The highest BCUT2D eigenvalue weighted by molar-refractivity contribution is 5.66. The first kappa shape index (κ1) is 24.1. The highest BCUT2D eigenvalue weighted by atomic mass is 16.4. The molecule has 0 saturated carbocycles. The number of aliphatic hydroxyl groups excluding tert-OH is 2. The maximum atomic E-state index is 10.4. The summed E-state index contributed by atoms with van der Waals surface area (Å²) in [5.74, 6) is -0.838. The molecule has 3 N–H and O–H groups in total. The van der Waals surface area contributed by atoms with Gasteiger partial charge in [-0.1, -0.05) is 67.7 Å². The minimum atomic E-state index is -0.838. The molecule has 0 fully saturated rings. The van der Waals surface area contributed by atoms with Gasteiger partial charge in [-0.2, -0.15) is 0 Å². The topological polar surface area (TPSA) is 77.8 Å². The van der Waals surface area contributed by atoms with E-state index in [0.29, 0.717) is 19.3 Å². The first-order valence-corrected chi connectivity index (χ1v) is 9.40. The van der Waals surface area contributed by atoms with E-state index < -0.39 is 18.2 Å². The van der Waals surface area contributed by atoms with E-state index in [2.05, 4.69) is 43.4 Å². The molecule has 0 bridgehead atoms. The Morgan fingerprint density at radius 3 is 1.62 bits per heavy atom. The van der Waals surface area contributed by atoms with Crippen LogP contribution >= 0.6 is 0 Å². The molecule has 0 aromatic heterocycles. The lowest BCUT2D eigenvalue weighted by Gasteiger charge is -2.14. The van der Waals surface area contributed by atoms with E-state index in [1.807, 2.05) is 12.2 Å². The van der Waals surface area contributed by atoms with E-state index in [9.17, 15) is 15.0 Å². The van der Waals surface area contributed by atoms with Gasteiger partial charge in [0.2, 0.25) is 0 Å². The normalized spacial score (nSPS) is 15.2. The van der Waals surface area contributed by atoms with Crippen LogP contribution in [0.25, 0.3) is 0 Å². The fourth-order valence-electron chi connectivity index (χ4n) is 2.09. The third kappa shape index (κ3) is 16.9. The Balaban J connectivity index is 3.77. The average Bonchev–Trinajstić information content (AvgIpc) is 2.61. The molecule has 0 heterocycles. The SMILES string of the molecule is CCC=CCC=CCC=CCC=CC[C@@H](O)[C@@H](O)CC=CCCC(=O)O. The summed E-state index contributed by atoms with van der Waals surface area (Å²) in [7, 11) is 0. The Labute approximate surface area is 157 Å². The zero-order valence-corrected chi connectivity index (χ0v) is 15.8. The van der Waals surface area contributed by atoms with Crippen molar-refractivity contribution in [1.29, 1.82) is 0 Å². The van der Waals surface area contributed by atoms with Crippen molar-refractivity contribution >= 4 is 5.97 Å². The van der Waals surface area contributed by atoms with Crippen LogP contribution in [0.4, 0.5) is 0 Å². The molecular formula is C22H34O4.